The van der Waals surface area contributed by atoms with E-state index in [1.807, 2.05) is 53.7 Å². The van der Waals surface area contributed by atoms with Gasteiger partial charge in [0.2, 0.25) is 0 Å². The summed E-state index contributed by atoms with van der Waals surface area (Å²) in [6, 6.07) is 7.86. The van der Waals surface area contributed by atoms with Crippen LogP contribution in [0.2, 0.25) is 0 Å². The lowest BCUT2D eigenvalue weighted by molar-refractivity contribution is 0.305. The largest absolute Gasteiger partial charge is 0.497 e. The van der Waals surface area contributed by atoms with Crippen LogP contribution in [0.15, 0.2) is 36.8 Å². The van der Waals surface area contributed by atoms with E-state index in [4.69, 9.17) is 9.47 Å². The molecule has 0 aliphatic rings. The van der Waals surface area contributed by atoms with Crippen LogP contribution in [0.5, 0.6) is 11.5 Å². The lowest BCUT2D eigenvalue weighted by Crippen LogP contribution is -2.01. The second-order valence-corrected chi connectivity index (χ2v) is 5.64. The van der Waals surface area contributed by atoms with Gasteiger partial charge in [-0.3, -0.25) is 4.68 Å². The van der Waals surface area contributed by atoms with Gasteiger partial charge in [-0.25, -0.2) is 4.98 Å². The van der Waals surface area contributed by atoms with Gasteiger partial charge in [0.25, 0.3) is 0 Å². The Hall–Kier alpha value is -2.76. The third-order valence-electron chi connectivity index (χ3n) is 3.86. The zero-order chi connectivity index (χ0) is 17.1. The molecule has 0 aliphatic heterocycles. The number of imidazole rings is 1. The summed E-state index contributed by atoms with van der Waals surface area (Å²) in [5.74, 6) is 1.62. The van der Waals surface area contributed by atoms with Crippen molar-refractivity contribution in [3.05, 3.63) is 48.0 Å². The van der Waals surface area contributed by atoms with Crippen molar-refractivity contribution >= 4 is 0 Å². The molecule has 3 rings (SSSR count). The molecular weight excluding hydrogens is 304 g/mol. The first kappa shape index (κ1) is 16.1. The average molecular weight is 326 g/mol. The van der Waals surface area contributed by atoms with Gasteiger partial charge in [-0.05, 0) is 31.5 Å². The second kappa shape index (κ2) is 6.78. The van der Waals surface area contributed by atoms with E-state index in [0.717, 1.165) is 40.7 Å². The van der Waals surface area contributed by atoms with Crippen molar-refractivity contribution in [2.45, 2.75) is 27.0 Å². The Kier molecular flexibility index (Phi) is 4.55. The fourth-order valence-electron chi connectivity index (χ4n) is 2.63. The number of benzene rings is 1. The molecule has 1 aromatic carbocycles. The number of aromatic nitrogens is 4. The van der Waals surface area contributed by atoms with E-state index in [-0.39, 0.29) is 0 Å². The quantitative estimate of drug-likeness (QED) is 0.698. The van der Waals surface area contributed by atoms with Crippen molar-refractivity contribution in [1.29, 1.82) is 0 Å². The van der Waals surface area contributed by atoms with Gasteiger partial charge in [-0.2, -0.15) is 5.10 Å². The summed E-state index contributed by atoms with van der Waals surface area (Å²) in [6.07, 6.45) is 3.76. The Balaban J connectivity index is 1.88. The van der Waals surface area contributed by atoms with Gasteiger partial charge in [-0.15, -0.1) is 0 Å². The average Bonchev–Trinajstić information content (AvgIpc) is 3.16. The maximum Gasteiger partial charge on any atom is 0.170 e. The molecule has 2 aromatic heterocycles. The van der Waals surface area contributed by atoms with Crippen LogP contribution >= 0.6 is 0 Å². The van der Waals surface area contributed by atoms with Gasteiger partial charge in [0.05, 0.1) is 13.4 Å². The summed E-state index contributed by atoms with van der Waals surface area (Å²) in [7, 11) is 3.61. The molecule has 0 N–H and O–H groups in total. The Labute approximate surface area is 141 Å². The first-order chi connectivity index (χ1) is 11.6. The molecule has 3 aromatic rings. The maximum atomic E-state index is 6.10. The number of ether oxygens (including phenoxy) is 2. The Morgan fingerprint density at radius 3 is 2.50 bits per heavy atom. The van der Waals surface area contributed by atoms with Crippen LogP contribution in [0, 0.1) is 6.92 Å². The van der Waals surface area contributed by atoms with E-state index in [1.165, 1.54) is 0 Å². The molecule has 6 nitrogen and oxygen atoms in total. The van der Waals surface area contributed by atoms with Gasteiger partial charge in [-0.1, -0.05) is 12.1 Å². The molecular formula is C18H22N4O2. The number of nitrogens with zero attached hydrogens (tertiary/aromatic N) is 4. The van der Waals surface area contributed by atoms with Crippen LogP contribution in [0.4, 0.5) is 0 Å². The van der Waals surface area contributed by atoms with Crippen LogP contribution < -0.4 is 9.47 Å². The van der Waals surface area contributed by atoms with Gasteiger partial charge in [0, 0.05) is 19.8 Å². The molecule has 0 unspecified atom stereocenters. The monoisotopic (exact) mass is 326 g/mol. The number of rotatable bonds is 6. The Morgan fingerprint density at radius 2 is 1.92 bits per heavy atom. The van der Waals surface area contributed by atoms with Crippen LogP contribution in [-0.4, -0.2) is 26.4 Å². The number of hydrogen-bond donors (Lipinski definition) is 0. The minimum atomic E-state index is 0.472. The molecule has 126 valence electrons. The smallest absolute Gasteiger partial charge is 0.170 e. The second-order valence-electron chi connectivity index (χ2n) is 5.64. The normalized spacial score (nSPS) is 10.8. The third-order valence-corrected chi connectivity index (χ3v) is 3.86. The molecule has 0 amide bonds. The third kappa shape index (κ3) is 3.13. The molecule has 2 heterocycles. The topological polar surface area (TPSA) is 54.1 Å². The lowest BCUT2D eigenvalue weighted by atomic mass is 10.2. The predicted octanol–water partition coefficient (Wildman–Crippen LogP) is 3.20. The van der Waals surface area contributed by atoms with Crippen LogP contribution in [0.1, 0.15) is 18.2 Å². The van der Waals surface area contributed by atoms with Gasteiger partial charge in [0.1, 0.15) is 29.4 Å². The fourth-order valence-corrected chi connectivity index (χ4v) is 2.63. The van der Waals surface area contributed by atoms with Crippen molar-refractivity contribution in [3.8, 4) is 22.9 Å². The lowest BCUT2D eigenvalue weighted by Gasteiger charge is -2.09. The molecule has 0 atom stereocenters. The number of aryl methyl sites for hydroxylation is 3. The Morgan fingerprint density at radius 1 is 1.17 bits per heavy atom. The predicted molar refractivity (Wildman–Crippen MR) is 92.2 cm³/mol. The minimum Gasteiger partial charge on any atom is -0.497 e. The zero-order valence-electron chi connectivity index (χ0n) is 14.5. The van der Waals surface area contributed by atoms with Gasteiger partial charge in [0.15, 0.2) is 5.75 Å². The van der Waals surface area contributed by atoms with Crippen molar-refractivity contribution in [2.75, 3.05) is 7.11 Å². The molecule has 0 saturated carbocycles. The fraction of sp³-hybridized carbons (Fsp3) is 0.333. The molecule has 0 fully saturated rings. The van der Waals surface area contributed by atoms with Crippen molar-refractivity contribution in [2.24, 2.45) is 7.05 Å². The van der Waals surface area contributed by atoms with Gasteiger partial charge < -0.3 is 14.0 Å². The van der Waals surface area contributed by atoms with E-state index < -0.39 is 0 Å². The van der Waals surface area contributed by atoms with E-state index in [2.05, 4.69) is 17.0 Å². The molecule has 0 spiro atoms. The highest BCUT2D eigenvalue weighted by atomic mass is 16.5. The minimum absolute atomic E-state index is 0.472. The molecule has 0 saturated heterocycles. The standard InChI is InChI=1S/C18H22N4O2/c1-5-22-17(16-10-21(3)12-19-16)18(13(2)20-22)24-11-14-6-8-15(23-4)9-7-14/h6-10,12H,5,11H2,1-4H3. The van der Waals surface area contributed by atoms with E-state index in [9.17, 15) is 0 Å². The maximum absolute atomic E-state index is 6.10. The summed E-state index contributed by atoms with van der Waals surface area (Å²) < 4.78 is 15.1. The highest BCUT2D eigenvalue weighted by molar-refractivity contribution is 5.64. The van der Waals surface area contributed by atoms with E-state index in [1.54, 1.807) is 13.4 Å². The van der Waals surface area contributed by atoms with Crippen molar-refractivity contribution in [3.63, 3.8) is 0 Å². The zero-order valence-corrected chi connectivity index (χ0v) is 14.5. The van der Waals surface area contributed by atoms with Crippen molar-refractivity contribution in [1.82, 2.24) is 19.3 Å². The first-order valence-corrected chi connectivity index (χ1v) is 7.93. The van der Waals surface area contributed by atoms with Crippen LogP contribution in [-0.2, 0) is 20.2 Å². The highest BCUT2D eigenvalue weighted by Crippen LogP contribution is 2.32. The SMILES string of the molecule is CCn1nc(C)c(OCc2ccc(OC)cc2)c1-c1cn(C)cn1. The summed E-state index contributed by atoms with van der Waals surface area (Å²) in [6.45, 7) is 5.26. The molecule has 0 bridgehead atoms. The van der Waals surface area contributed by atoms with Crippen LogP contribution in [0.3, 0.4) is 0 Å². The van der Waals surface area contributed by atoms with Gasteiger partial charge >= 0.3 is 0 Å². The molecule has 0 aliphatic carbocycles. The van der Waals surface area contributed by atoms with E-state index >= 15 is 0 Å². The molecule has 6 heteroatoms. The van der Waals surface area contributed by atoms with Crippen molar-refractivity contribution < 1.29 is 9.47 Å². The van der Waals surface area contributed by atoms with Crippen LogP contribution in [0.25, 0.3) is 11.4 Å². The number of hydrogen-bond acceptors (Lipinski definition) is 4. The van der Waals surface area contributed by atoms with E-state index in [0.29, 0.717) is 6.61 Å². The molecule has 24 heavy (non-hydrogen) atoms. The summed E-state index contributed by atoms with van der Waals surface area (Å²) in [5.41, 5.74) is 3.73. The first-order valence-electron chi connectivity index (χ1n) is 7.93. The molecule has 0 radical (unpaired) electrons. The highest BCUT2D eigenvalue weighted by Gasteiger charge is 2.19. The summed E-state index contributed by atoms with van der Waals surface area (Å²) in [5, 5.41) is 4.58. The Bertz CT molecular complexity index is 818. The summed E-state index contributed by atoms with van der Waals surface area (Å²) >= 11 is 0. The summed E-state index contributed by atoms with van der Waals surface area (Å²) in [4.78, 5) is 4.45. The number of methoxy groups -OCH3 is 1.